The number of amides is 1. The topological polar surface area (TPSA) is 99.5 Å². The Morgan fingerprint density at radius 3 is 2.62 bits per heavy atom. The lowest BCUT2D eigenvalue weighted by atomic mass is 9.95. The maximum atomic E-state index is 12.7. The summed E-state index contributed by atoms with van der Waals surface area (Å²) in [6.45, 7) is 0. The maximum Gasteiger partial charge on any atom is 0.267 e. The summed E-state index contributed by atoms with van der Waals surface area (Å²) in [6.07, 6.45) is 5.48. The number of carbonyl (C=O) groups excluding carboxylic acids is 1. The van der Waals surface area contributed by atoms with Gasteiger partial charge in [-0.2, -0.15) is 0 Å². The lowest BCUT2D eigenvalue weighted by Crippen LogP contribution is -2.36. The fourth-order valence-corrected chi connectivity index (χ4v) is 3.38. The molecule has 1 aromatic heterocycles. The zero-order valence-corrected chi connectivity index (χ0v) is 13.9. The van der Waals surface area contributed by atoms with Crippen LogP contribution in [0.5, 0.6) is 0 Å². The van der Waals surface area contributed by atoms with Gasteiger partial charge in [0.25, 0.3) is 10.7 Å². The Kier molecular flexibility index (Phi) is 5.37. The molecule has 1 fully saturated rings. The van der Waals surface area contributed by atoms with E-state index < -0.39 is 0 Å². The first-order chi connectivity index (χ1) is 11.8. The van der Waals surface area contributed by atoms with Crippen LogP contribution in [-0.4, -0.2) is 27.4 Å². The number of para-hydroxylation sites is 1. The fourth-order valence-electron chi connectivity index (χ4n) is 2.73. The molecular weight excluding hydrogens is 326 g/mol. The van der Waals surface area contributed by atoms with Gasteiger partial charge in [-0.15, -0.1) is 10.2 Å². The Balaban J connectivity index is 1.84. The second-order valence-electron chi connectivity index (χ2n) is 5.66. The van der Waals surface area contributed by atoms with E-state index in [4.69, 9.17) is 5.21 Å². The number of aromatic nitrogens is 2. The molecule has 1 saturated carbocycles. The van der Waals surface area contributed by atoms with Gasteiger partial charge in [0.05, 0.1) is 0 Å². The molecule has 0 saturated heterocycles. The first-order valence-electron chi connectivity index (χ1n) is 7.95. The van der Waals surface area contributed by atoms with Crippen molar-refractivity contribution >= 4 is 28.7 Å². The molecule has 3 rings (SSSR count). The minimum absolute atomic E-state index is 0.0439. The third kappa shape index (κ3) is 4.08. The van der Waals surface area contributed by atoms with Crippen molar-refractivity contribution in [1.29, 1.82) is 0 Å². The van der Waals surface area contributed by atoms with Crippen LogP contribution in [0, 0.1) is 0 Å². The van der Waals surface area contributed by atoms with Crippen LogP contribution in [0.25, 0.3) is 0 Å². The summed E-state index contributed by atoms with van der Waals surface area (Å²) in [6, 6.07) is 9.62. The van der Waals surface area contributed by atoms with Crippen molar-refractivity contribution in [2.75, 3.05) is 5.32 Å². The highest BCUT2D eigenvalue weighted by molar-refractivity contribution is 7.11. The molecular formula is C16H19N5O2S. The molecule has 0 bridgehead atoms. The van der Waals surface area contributed by atoms with Crippen molar-refractivity contribution in [3.8, 4) is 0 Å². The van der Waals surface area contributed by atoms with Gasteiger partial charge in [-0.25, -0.2) is 0 Å². The predicted molar refractivity (Wildman–Crippen MR) is 91.3 cm³/mol. The molecule has 1 aromatic carbocycles. The summed E-state index contributed by atoms with van der Waals surface area (Å²) >= 11 is 1.00. The summed E-state index contributed by atoms with van der Waals surface area (Å²) in [5, 5.41) is 25.9. The molecule has 0 aliphatic heterocycles. The van der Waals surface area contributed by atoms with Gasteiger partial charge >= 0.3 is 0 Å². The Morgan fingerprint density at radius 2 is 1.92 bits per heavy atom. The largest absolute Gasteiger partial charge is 0.408 e. The van der Waals surface area contributed by atoms with E-state index in [2.05, 4.69) is 26.0 Å². The van der Waals surface area contributed by atoms with Crippen molar-refractivity contribution in [2.45, 2.75) is 38.1 Å². The van der Waals surface area contributed by atoms with Gasteiger partial charge in [-0.1, -0.05) is 54.0 Å². The highest BCUT2D eigenvalue weighted by Crippen LogP contribution is 2.21. The average Bonchev–Trinajstić information content (AvgIpc) is 2.63. The van der Waals surface area contributed by atoms with Gasteiger partial charge in [0, 0.05) is 11.7 Å². The third-order valence-corrected chi connectivity index (χ3v) is 4.84. The number of benzene rings is 1. The van der Waals surface area contributed by atoms with Gasteiger partial charge in [-0.05, 0) is 25.0 Å². The van der Waals surface area contributed by atoms with Gasteiger partial charge in [0.1, 0.15) is 4.88 Å². The normalized spacial score (nSPS) is 15.9. The fraction of sp³-hybridized carbons (Fsp3) is 0.375. The molecule has 7 nitrogen and oxygen atoms in total. The highest BCUT2D eigenvalue weighted by atomic mass is 32.1. The third-order valence-electron chi connectivity index (χ3n) is 3.91. The van der Waals surface area contributed by atoms with Crippen LogP contribution >= 0.6 is 11.3 Å². The van der Waals surface area contributed by atoms with Crippen molar-refractivity contribution in [3.63, 3.8) is 0 Å². The lowest BCUT2D eigenvalue weighted by molar-refractivity contribution is 0.0932. The number of carbonyl (C=O) groups is 1. The van der Waals surface area contributed by atoms with Crippen LogP contribution in [-0.2, 0) is 0 Å². The minimum Gasteiger partial charge on any atom is -0.408 e. The van der Waals surface area contributed by atoms with Crippen LogP contribution in [0.15, 0.2) is 35.5 Å². The molecule has 8 heteroatoms. The SMILES string of the molecule is O=C(NC1CCCCC1)c1s/c(=N\O)nnc1Nc1ccccc1. The Bertz CT molecular complexity index is 757. The van der Waals surface area contributed by atoms with Crippen LogP contribution in [0.1, 0.15) is 41.8 Å². The van der Waals surface area contributed by atoms with E-state index in [0.717, 1.165) is 42.7 Å². The van der Waals surface area contributed by atoms with Crippen molar-refractivity contribution in [1.82, 2.24) is 15.5 Å². The van der Waals surface area contributed by atoms with Gasteiger partial charge in [0.2, 0.25) is 0 Å². The lowest BCUT2D eigenvalue weighted by Gasteiger charge is -2.22. The molecule has 0 atom stereocenters. The van der Waals surface area contributed by atoms with E-state index in [0.29, 0.717) is 10.7 Å². The van der Waals surface area contributed by atoms with E-state index in [9.17, 15) is 4.79 Å². The van der Waals surface area contributed by atoms with E-state index in [1.165, 1.54) is 6.42 Å². The van der Waals surface area contributed by atoms with Gasteiger partial charge in [-0.3, -0.25) is 4.79 Å². The van der Waals surface area contributed by atoms with Crippen LogP contribution in [0.2, 0.25) is 0 Å². The van der Waals surface area contributed by atoms with Gasteiger partial charge in [0.15, 0.2) is 5.82 Å². The van der Waals surface area contributed by atoms with E-state index in [-0.39, 0.29) is 16.8 Å². The molecule has 0 spiro atoms. The smallest absolute Gasteiger partial charge is 0.267 e. The maximum absolute atomic E-state index is 12.7. The van der Waals surface area contributed by atoms with Crippen molar-refractivity contribution in [3.05, 3.63) is 40.0 Å². The summed E-state index contributed by atoms with van der Waals surface area (Å²) in [5.41, 5.74) is 0.805. The number of nitrogens with zero attached hydrogens (tertiary/aromatic N) is 3. The predicted octanol–water partition coefficient (Wildman–Crippen LogP) is 2.63. The van der Waals surface area contributed by atoms with E-state index >= 15 is 0 Å². The van der Waals surface area contributed by atoms with Crippen LogP contribution < -0.4 is 15.4 Å². The molecule has 24 heavy (non-hydrogen) atoms. The monoisotopic (exact) mass is 345 g/mol. The molecule has 0 radical (unpaired) electrons. The summed E-state index contributed by atoms with van der Waals surface area (Å²) in [7, 11) is 0. The first-order valence-corrected chi connectivity index (χ1v) is 8.77. The Morgan fingerprint density at radius 1 is 1.17 bits per heavy atom. The summed E-state index contributed by atoms with van der Waals surface area (Å²) in [4.78, 5) is 13.1. The highest BCUT2D eigenvalue weighted by Gasteiger charge is 2.21. The van der Waals surface area contributed by atoms with E-state index in [1.54, 1.807) is 0 Å². The number of hydrogen-bond donors (Lipinski definition) is 3. The zero-order chi connectivity index (χ0) is 16.8. The number of rotatable bonds is 4. The van der Waals surface area contributed by atoms with Gasteiger partial charge < -0.3 is 15.8 Å². The van der Waals surface area contributed by atoms with Crippen molar-refractivity contribution in [2.24, 2.45) is 5.16 Å². The molecule has 1 heterocycles. The molecule has 2 aromatic rings. The van der Waals surface area contributed by atoms with Crippen molar-refractivity contribution < 1.29 is 10.0 Å². The molecule has 3 N–H and O–H groups in total. The zero-order valence-electron chi connectivity index (χ0n) is 13.1. The standard InChI is InChI=1S/C16H19N5O2S/c22-15(18-12-9-5-2-6-10-12)13-14(19-20-16(21-23)24-13)17-11-7-3-1-4-8-11/h1,3-4,7-8,12,17,23H,2,5-6,9-10H2,(H,18,22)/b21-16-. The Hall–Kier alpha value is -2.48. The first kappa shape index (κ1) is 16.4. The molecule has 0 unspecified atom stereocenters. The number of nitrogens with one attached hydrogen (secondary N) is 2. The average molecular weight is 345 g/mol. The molecule has 1 aliphatic rings. The van der Waals surface area contributed by atoms with E-state index in [1.807, 2.05) is 30.3 Å². The molecule has 1 amide bonds. The number of hydrogen-bond acceptors (Lipinski definition) is 7. The second kappa shape index (κ2) is 7.87. The molecule has 1 aliphatic carbocycles. The minimum atomic E-state index is -0.217. The van der Waals surface area contributed by atoms with Crippen LogP contribution in [0.3, 0.4) is 0 Å². The van der Waals surface area contributed by atoms with Crippen LogP contribution in [0.4, 0.5) is 11.5 Å². The second-order valence-corrected chi connectivity index (χ2v) is 6.64. The molecule has 126 valence electrons. The quantitative estimate of drug-likeness (QED) is 0.584. The Labute approximate surface area is 143 Å². The summed E-state index contributed by atoms with van der Waals surface area (Å²) < 4.78 is 0. The number of anilines is 2. The summed E-state index contributed by atoms with van der Waals surface area (Å²) in [5.74, 6) is 0.136.